The van der Waals surface area contributed by atoms with Gasteiger partial charge in [0, 0.05) is 30.8 Å². The number of rotatable bonds is 8. The highest BCUT2D eigenvalue weighted by Gasteiger charge is 2.19. The molecule has 0 aliphatic rings. The predicted molar refractivity (Wildman–Crippen MR) is 123 cm³/mol. The number of amides is 1. The minimum absolute atomic E-state index is 0.0395. The number of benzene rings is 2. The second kappa shape index (κ2) is 9.75. The van der Waals surface area contributed by atoms with Crippen molar-refractivity contribution >= 4 is 17.8 Å². The molecule has 0 fully saturated rings. The minimum atomic E-state index is -0.116. The normalized spacial score (nSPS) is 11.7. The molecular weight excluding hydrogens is 374 g/mol. The lowest BCUT2D eigenvalue weighted by atomic mass is 9.81. The molecule has 0 aliphatic heterocycles. The van der Waals surface area contributed by atoms with Gasteiger partial charge in [0.15, 0.2) is 5.78 Å². The van der Waals surface area contributed by atoms with Crippen molar-refractivity contribution < 1.29 is 14.3 Å². The summed E-state index contributed by atoms with van der Waals surface area (Å²) in [5, 5.41) is 0. The van der Waals surface area contributed by atoms with Gasteiger partial charge in [-0.2, -0.15) is 0 Å². The summed E-state index contributed by atoms with van der Waals surface area (Å²) in [7, 11) is 3.41. The van der Waals surface area contributed by atoms with Crippen LogP contribution >= 0.6 is 0 Å². The third kappa shape index (κ3) is 5.82. The Labute approximate surface area is 180 Å². The van der Waals surface area contributed by atoms with Crippen LogP contribution in [-0.2, 0) is 5.41 Å². The largest absolute Gasteiger partial charge is 0.490 e. The van der Waals surface area contributed by atoms with E-state index in [1.54, 1.807) is 44.4 Å². The van der Waals surface area contributed by atoms with Crippen LogP contribution in [0.5, 0.6) is 5.75 Å². The number of carbonyl (C=O) groups is 2. The summed E-state index contributed by atoms with van der Waals surface area (Å²) >= 11 is 0. The Morgan fingerprint density at radius 2 is 1.63 bits per heavy atom. The molecule has 0 heterocycles. The second-order valence-corrected chi connectivity index (χ2v) is 8.63. The van der Waals surface area contributed by atoms with E-state index in [1.165, 1.54) is 10.5 Å². The molecule has 0 atom stereocenters. The van der Waals surface area contributed by atoms with Crippen molar-refractivity contribution in [3.8, 4) is 5.75 Å². The van der Waals surface area contributed by atoms with Crippen molar-refractivity contribution in [3.05, 3.63) is 70.8 Å². The molecule has 4 heteroatoms. The molecule has 0 aromatic heterocycles. The van der Waals surface area contributed by atoms with Gasteiger partial charge in [-0.25, -0.2) is 0 Å². The molecule has 2 aromatic rings. The maximum Gasteiger partial charge on any atom is 0.253 e. The van der Waals surface area contributed by atoms with Gasteiger partial charge < -0.3 is 9.64 Å². The van der Waals surface area contributed by atoms with Gasteiger partial charge in [0.1, 0.15) is 5.75 Å². The van der Waals surface area contributed by atoms with Crippen LogP contribution in [0, 0.1) is 0 Å². The lowest BCUT2D eigenvalue weighted by Crippen LogP contribution is -2.21. The van der Waals surface area contributed by atoms with Crippen molar-refractivity contribution in [2.45, 2.75) is 52.6 Å². The third-order valence-electron chi connectivity index (χ3n) is 5.27. The van der Waals surface area contributed by atoms with E-state index in [4.69, 9.17) is 4.74 Å². The van der Waals surface area contributed by atoms with Gasteiger partial charge in [-0.15, -0.1) is 0 Å². The first-order valence-corrected chi connectivity index (χ1v) is 10.4. The molecule has 2 aromatic carbocycles. The smallest absolute Gasteiger partial charge is 0.253 e. The van der Waals surface area contributed by atoms with Crippen molar-refractivity contribution in [3.63, 3.8) is 0 Å². The molecule has 0 aliphatic carbocycles. The SMILES string of the molecule is CCC(C)(C)c1ccc(OC(C)C)c(C=CC(=O)c2ccc(C(=O)N(C)C)cc2)c1. The molecular formula is C26H33NO3. The van der Waals surface area contributed by atoms with Gasteiger partial charge in [0.05, 0.1) is 6.10 Å². The topological polar surface area (TPSA) is 46.6 Å². The molecule has 0 saturated carbocycles. The number of hydrogen-bond donors (Lipinski definition) is 0. The molecule has 160 valence electrons. The molecule has 0 spiro atoms. The molecule has 4 nitrogen and oxygen atoms in total. The van der Waals surface area contributed by atoms with E-state index in [2.05, 4.69) is 32.9 Å². The molecule has 2 rings (SSSR count). The Kier molecular flexibility index (Phi) is 7.60. The number of allylic oxidation sites excluding steroid dienone is 1. The van der Waals surface area contributed by atoms with Crippen LogP contribution < -0.4 is 4.74 Å². The second-order valence-electron chi connectivity index (χ2n) is 8.63. The van der Waals surface area contributed by atoms with Gasteiger partial charge in [0.2, 0.25) is 0 Å². The first-order chi connectivity index (χ1) is 14.0. The Morgan fingerprint density at radius 3 is 2.17 bits per heavy atom. The van der Waals surface area contributed by atoms with Crippen LogP contribution in [0.3, 0.4) is 0 Å². The number of hydrogen-bond acceptors (Lipinski definition) is 3. The predicted octanol–water partition coefficient (Wildman–Crippen LogP) is 5.76. The van der Waals surface area contributed by atoms with Crippen LogP contribution in [0.2, 0.25) is 0 Å². The van der Waals surface area contributed by atoms with E-state index in [0.29, 0.717) is 11.1 Å². The molecule has 0 saturated heterocycles. The molecule has 0 unspecified atom stereocenters. The monoisotopic (exact) mass is 407 g/mol. The minimum Gasteiger partial charge on any atom is -0.490 e. The Balaban J connectivity index is 2.31. The average molecular weight is 408 g/mol. The molecule has 0 radical (unpaired) electrons. The number of carbonyl (C=O) groups excluding carboxylic acids is 2. The van der Waals surface area contributed by atoms with Gasteiger partial charge in [-0.3, -0.25) is 9.59 Å². The van der Waals surface area contributed by atoms with Crippen molar-refractivity contribution in [1.82, 2.24) is 4.90 Å². The van der Waals surface area contributed by atoms with Gasteiger partial charge >= 0.3 is 0 Å². The Bertz CT molecular complexity index is 922. The Morgan fingerprint density at radius 1 is 1.03 bits per heavy atom. The average Bonchev–Trinajstić information content (AvgIpc) is 2.71. The summed E-state index contributed by atoms with van der Waals surface area (Å²) in [5.41, 5.74) is 3.23. The summed E-state index contributed by atoms with van der Waals surface area (Å²) in [6, 6.07) is 12.9. The highest BCUT2D eigenvalue weighted by Crippen LogP contribution is 2.32. The number of ether oxygens (including phenoxy) is 1. The molecule has 0 bridgehead atoms. The quantitative estimate of drug-likeness (QED) is 0.413. The molecule has 0 N–H and O–H groups in total. The van der Waals surface area contributed by atoms with Crippen molar-refractivity contribution in [1.29, 1.82) is 0 Å². The number of nitrogens with zero attached hydrogens (tertiary/aromatic N) is 1. The highest BCUT2D eigenvalue weighted by atomic mass is 16.5. The van der Waals surface area contributed by atoms with E-state index in [0.717, 1.165) is 17.7 Å². The van der Waals surface area contributed by atoms with Crippen LogP contribution in [-0.4, -0.2) is 36.8 Å². The summed E-state index contributed by atoms with van der Waals surface area (Å²) in [4.78, 5) is 26.2. The van der Waals surface area contributed by atoms with Crippen molar-refractivity contribution in [2.24, 2.45) is 0 Å². The lowest BCUT2D eigenvalue weighted by Gasteiger charge is -2.24. The maximum absolute atomic E-state index is 12.7. The zero-order chi connectivity index (χ0) is 22.5. The zero-order valence-corrected chi connectivity index (χ0v) is 19.2. The molecule has 30 heavy (non-hydrogen) atoms. The van der Waals surface area contributed by atoms with E-state index in [-0.39, 0.29) is 23.2 Å². The first-order valence-electron chi connectivity index (χ1n) is 10.4. The van der Waals surface area contributed by atoms with Crippen LogP contribution in [0.1, 0.15) is 72.9 Å². The number of ketones is 1. The molecule has 1 amide bonds. The van der Waals surface area contributed by atoms with E-state index < -0.39 is 0 Å². The van der Waals surface area contributed by atoms with E-state index >= 15 is 0 Å². The van der Waals surface area contributed by atoms with Gasteiger partial charge in [-0.1, -0.05) is 39.0 Å². The summed E-state index contributed by atoms with van der Waals surface area (Å²) in [6.45, 7) is 10.6. The van der Waals surface area contributed by atoms with Crippen LogP contribution in [0.4, 0.5) is 0 Å². The standard InChI is InChI=1S/C26H33NO3/c1-8-26(4,5)22-14-16-24(30-18(2)3)21(17-22)13-15-23(28)19-9-11-20(12-10-19)25(29)27(6)7/h9-18H,8H2,1-7H3. The van der Waals surface area contributed by atoms with Crippen molar-refractivity contribution in [2.75, 3.05) is 14.1 Å². The van der Waals surface area contributed by atoms with Gasteiger partial charge in [-0.05, 0) is 67.7 Å². The van der Waals surface area contributed by atoms with Crippen LogP contribution in [0.25, 0.3) is 6.08 Å². The van der Waals surface area contributed by atoms with Crippen LogP contribution in [0.15, 0.2) is 48.5 Å². The first kappa shape index (κ1) is 23.4. The summed E-state index contributed by atoms with van der Waals surface area (Å²) in [6.07, 6.45) is 4.43. The fourth-order valence-electron chi connectivity index (χ4n) is 2.96. The maximum atomic E-state index is 12.7. The fourth-order valence-corrected chi connectivity index (χ4v) is 2.96. The fraction of sp³-hybridized carbons (Fsp3) is 0.385. The third-order valence-corrected chi connectivity index (χ3v) is 5.27. The highest BCUT2D eigenvalue weighted by molar-refractivity contribution is 6.07. The zero-order valence-electron chi connectivity index (χ0n) is 19.2. The summed E-state index contributed by atoms with van der Waals surface area (Å²) in [5.74, 6) is 0.557. The van der Waals surface area contributed by atoms with E-state index in [1.807, 2.05) is 26.0 Å². The van der Waals surface area contributed by atoms with E-state index in [9.17, 15) is 9.59 Å². The Hall–Kier alpha value is -2.88. The summed E-state index contributed by atoms with van der Waals surface area (Å²) < 4.78 is 5.94. The lowest BCUT2D eigenvalue weighted by molar-refractivity contribution is 0.0827. The van der Waals surface area contributed by atoms with Gasteiger partial charge in [0.25, 0.3) is 5.91 Å².